The van der Waals surface area contributed by atoms with Crippen molar-refractivity contribution in [2.75, 3.05) is 26.2 Å². The molecule has 0 amide bonds. The van der Waals surface area contributed by atoms with Crippen LogP contribution in [0.15, 0.2) is 12.1 Å². The van der Waals surface area contributed by atoms with Crippen LogP contribution in [-0.4, -0.2) is 42.6 Å². The minimum Gasteiger partial charge on any atom is -0.507 e. The van der Waals surface area contributed by atoms with Gasteiger partial charge in [0.05, 0.1) is 0 Å². The lowest BCUT2D eigenvalue weighted by atomic mass is 9.98. The lowest BCUT2D eigenvalue weighted by molar-refractivity contribution is 0.0729. The van der Waals surface area contributed by atoms with Crippen LogP contribution in [0, 0.1) is 6.92 Å². The van der Waals surface area contributed by atoms with Gasteiger partial charge in [-0.15, -0.1) is 12.4 Å². The third-order valence-electron chi connectivity index (χ3n) is 3.65. The number of aromatic hydroxyl groups is 1. The summed E-state index contributed by atoms with van der Waals surface area (Å²) in [5.41, 5.74) is 1.11. The lowest BCUT2D eigenvalue weighted by Gasteiger charge is -2.35. The number of phenols is 1. The van der Waals surface area contributed by atoms with Crippen molar-refractivity contribution < 1.29 is 13.9 Å². The number of benzene rings is 1. The second kappa shape index (κ2) is 8.13. The maximum atomic E-state index is 12.9. The van der Waals surface area contributed by atoms with E-state index in [4.69, 9.17) is 11.6 Å². The summed E-state index contributed by atoms with van der Waals surface area (Å²) >= 11 is 6.01. The zero-order valence-corrected chi connectivity index (χ0v) is 13.4. The Morgan fingerprint density at radius 1 is 1.33 bits per heavy atom. The summed E-state index contributed by atoms with van der Waals surface area (Å²) in [4.78, 5) is 1.98. The highest BCUT2D eigenvalue weighted by Gasteiger charge is 2.28. The van der Waals surface area contributed by atoms with Crippen molar-refractivity contribution in [1.29, 1.82) is 0 Å². The van der Waals surface area contributed by atoms with Gasteiger partial charge in [0.1, 0.15) is 5.75 Å². The molecule has 0 radical (unpaired) electrons. The number of nitrogens with one attached hydrogen (secondary N) is 1. The molecule has 21 heavy (non-hydrogen) atoms. The number of halogens is 4. The maximum Gasteiger partial charge on any atom is 0.240 e. The normalized spacial score (nSPS) is 17.6. The first kappa shape index (κ1) is 18.4. The lowest BCUT2D eigenvalue weighted by Crippen LogP contribution is -2.45. The molecule has 1 aromatic carbocycles. The number of piperazine rings is 1. The van der Waals surface area contributed by atoms with Gasteiger partial charge >= 0.3 is 0 Å². The first-order valence-electron chi connectivity index (χ1n) is 6.71. The van der Waals surface area contributed by atoms with Crippen LogP contribution < -0.4 is 5.32 Å². The Morgan fingerprint density at radius 2 is 1.95 bits per heavy atom. The van der Waals surface area contributed by atoms with E-state index < -0.39 is 12.5 Å². The number of phenolic OH excluding ortho intramolecular Hbond substituents is 1. The molecule has 0 aromatic heterocycles. The van der Waals surface area contributed by atoms with E-state index in [1.54, 1.807) is 19.1 Å². The van der Waals surface area contributed by atoms with Gasteiger partial charge in [-0.3, -0.25) is 4.90 Å². The molecule has 1 aliphatic rings. The molecule has 1 fully saturated rings. The van der Waals surface area contributed by atoms with Crippen LogP contribution >= 0.6 is 24.0 Å². The fraction of sp³-hybridized carbons (Fsp3) is 0.571. The molecule has 1 atom stereocenters. The molecule has 7 heteroatoms. The standard InChI is InChI=1S/C14H19ClF2N2O.ClH/c1-9-6-10(15)7-11(14(9)20)12(8-13(16)17)19-4-2-18-3-5-19;/h6-7,12-13,18,20H,2-5,8H2,1H3;1H/t12-;/m1./s1. The van der Waals surface area contributed by atoms with E-state index in [-0.39, 0.29) is 24.6 Å². The number of hydrogen-bond donors (Lipinski definition) is 2. The smallest absolute Gasteiger partial charge is 0.240 e. The van der Waals surface area contributed by atoms with E-state index in [1.807, 2.05) is 4.90 Å². The molecule has 1 aromatic rings. The van der Waals surface area contributed by atoms with Crippen molar-refractivity contribution in [3.63, 3.8) is 0 Å². The SMILES string of the molecule is Cc1cc(Cl)cc([C@@H](CC(F)F)N2CCNCC2)c1O.Cl. The van der Waals surface area contributed by atoms with Crippen LogP contribution in [0.2, 0.25) is 5.02 Å². The largest absolute Gasteiger partial charge is 0.507 e. The molecular formula is C14H20Cl2F2N2O. The van der Waals surface area contributed by atoms with Gasteiger partial charge in [-0.25, -0.2) is 8.78 Å². The van der Waals surface area contributed by atoms with Gasteiger partial charge in [-0.2, -0.15) is 0 Å². The highest BCUT2D eigenvalue weighted by Crippen LogP contribution is 2.37. The van der Waals surface area contributed by atoms with E-state index in [9.17, 15) is 13.9 Å². The molecule has 0 spiro atoms. The molecule has 0 aliphatic carbocycles. The summed E-state index contributed by atoms with van der Waals surface area (Å²) in [6.45, 7) is 4.62. The van der Waals surface area contributed by atoms with Crippen molar-refractivity contribution in [1.82, 2.24) is 10.2 Å². The molecule has 2 N–H and O–H groups in total. The first-order valence-corrected chi connectivity index (χ1v) is 7.08. The van der Waals surface area contributed by atoms with E-state index in [0.717, 1.165) is 13.1 Å². The Balaban J connectivity index is 0.00000220. The van der Waals surface area contributed by atoms with Crippen molar-refractivity contribution in [2.45, 2.75) is 25.8 Å². The zero-order chi connectivity index (χ0) is 14.7. The highest BCUT2D eigenvalue weighted by molar-refractivity contribution is 6.30. The maximum absolute atomic E-state index is 12.9. The van der Waals surface area contributed by atoms with Gasteiger partial charge in [-0.05, 0) is 24.6 Å². The zero-order valence-electron chi connectivity index (χ0n) is 11.8. The Morgan fingerprint density at radius 3 is 2.52 bits per heavy atom. The quantitative estimate of drug-likeness (QED) is 0.881. The van der Waals surface area contributed by atoms with Crippen LogP contribution in [-0.2, 0) is 0 Å². The van der Waals surface area contributed by atoms with E-state index in [0.29, 0.717) is 29.2 Å². The summed E-state index contributed by atoms with van der Waals surface area (Å²) in [6.07, 6.45) is -2.72. The molecule has 0 saturated carbocycles. The molecule has 0 bridgehead atoms. The van der Waals surface area contributed by atoms with E-state index >= 15 is 0 Å². The minimum absolute atomic E-state index is 0. The Labute approximate surface area is 134 Å². The van der Waals surface area contributed by atoms with Gasteiger partial charge in [0.25, 0.3) is 0 Å². The number of nitrogens with zero attached hydrogens (tertiary/aromatic N) is 1. The topological polar surface area (TPSA) is 35.5 Å². The number of hydrogen-bond acceptors (Lipinski definition) is 3. The highest BCUT2D eigenvalue weighted by atomic mass is 35.5. The van der Waals surface area contributed by atoms with Gasteiger partial charge in [-0.1, -0.05) is 11.6 Å². The number of alkyl halides is 2. The van der Waals surface area contributed by atoms with Crippen LogP contribution in [0.3, 0.4) is 0 Å². The average molecular weight is 341 g/mol. The molecule has 120 valence electrons. The third-order valence-corrected chi connectivity index (χ3v) is 3.87. The first-order chi connectivity index (χ1) is 9.49. The summed E-state index contributed by atoms with van der Waals surface area (Å²) in [5.74, 6) is 0.0681. The minimum atomic E-state index is -2.42. The molecule has 1 aliphatic heterocycles. The Bertz CT molecular complexity index is 469. The third kappa shape index (κ3) is 4.68. The number of aryl methyl sites for hydroxylation is 1. The van der Waals surface area contributed by atoms with Gasteiger partial charge in [0.2, 0.25) is 6.43 Å². The molecular weight excluding hydrogens is 321 g/mol. The number of rotatable bonds is 4. The van der Waals surface area contributed by atoms with E-state index in [2.05, 4.69) is 5.32 Å². The molecule has 0 unspecified atom stereocenters. The Kier molecular flexibility index (Phi) is 7.13. The average Bonchev–Trinajstić information content (AvgIpc) is 2.41. The molecule has 1 heterocycles. The van der Waals surface area contributed by atoms with Crippen molar-refractivity contribution in [3.05, 3.63) is 28.3 Å². The summed E-state index contributed by atoms with van der Waals surface area (Å²) < 4.78 is 25.8. The monoisotopic (exact) mass is 340 g/mol. The van der Waals surface area contributed by atoms with E-state index in [1.165, 1.54) is 0 Å². The van der Waals surface area contributed by atoms with Crippen molar-refractivity contribution in [2.24, 2.45) is 0 Å². The second-order valence-electron chi connectivity index (χ2n) is 5.09. The Hall–Kier alpha value is -0.620. The molecule has 2 rings (SSSR count). The summed E-state index contributed by atoms with van der Waals surface area (Å²) in [5, 5.41) is 13.8. The summed E-state index contributed by atoms with van der Waals surface area (Å²) in [6, 6.07) is 2.73. The van der Waals surface area contributed by atoms with Gasteiger partial charge in [0.15, 0.2) is 0 Å². The van der Waals surface area contributed by atoms with Crippen LogP contribution in [0.25, 0.3) is 0 Å². The molecule has 3 nitrogen and oxygen atoms in total. The van der Waals surface area contributed by atoms with Crippen LogP contribution in [0.4, 0.5) is 8.78 Å². The fourth-order valence-corrected chi connectivity index (χ4v) is 2.93. The predicted molar refractivity (Wildman–Crippen MR) is 82.9 cm³/mol. The van der Waals surface area contributed by atoms with Crippen LogP contribution in [0.1, 0.15) is 23.6 Å². The predicted octanol–water partition coefficient (Wildman–Crippen LogP) is 3.38. The van der Waals surface area contributed by atoms with Crippen LogP contribution in [0.5, 0.6) is 5.75 Å². The van der Waals surface area contributed by atoms with Crippen molar-refractivity contribution in [3.8, 4) is 5.75 Å². The second-order valence-corrected chi connectivity index (χ2v) is 5.53. The van der Waals surface area contributed by atoms with Gasteiger partial charge < -0.3 is 10.4 Å². The molecule has 1 saturated heterocycles. The summed E-state index contributed by atoms with van der Waals surface area (Å²) in [7, 11) is 0. The van der Waals surface area contributed by atoms with Gasteiger partial charge in [0, 0.05) is 49.2 Å². The van der Waals surface area contributed by atoms with Crippen molar-refractivity contribution >= 4 is 24.0 Å². The fourth-order valence-electron chi connectivity index (χ4n) is 2.65.